The maximum absolute atomic E-state index is 11.3. The van der Waals surface area contributed by atoms with E-state index >= 15 is 0 Å². The fraction of sp³-hybridized carbons (Fsp3) is 0.889. The Morgan fingerprint density at radius 3 is 2.53 bits per heavy atom. The van der Waals surface area contributed by atoms with Crippen molar-refractivity contribution >= 4 is 28.5 Å². The van der Waals surface area contributed by atoms with Crippen molar-refractivity contribution in [1.82, 2.24) is 14.9 Å². The molecule has 4 nitrogen and oxygen atoms in total. The molecule has 0 aromatic heterocycles. The van der Waals surface area contributed by atoms with Crippen LogP contribution in [0.4, 0.5) is 0 Å². The Balaban J connectivity index is 3.68. The van der Waals surface area contributed by atoms with Crippen molar-refractivity contribution in [3.05, 3.63) is 0 Å². The molecule has 1 atom stereocenters. The average Bonchev–Trinajstić information content (AvgIpc) is 2.25. The minimum absolute atomic E-state index is 0.00977. The molecule has 0 heterocycles. The molecular formula is C9H21N3OS2. The van der Waals surface area contributed by atoms with E-state index in [2.05, 4.69) is 47.4 Å². The molecule has 1 amide bonds. The zero-order chi connectivity index (χ0) is 11.7. The van der Waals surface area contributed by atoms with Crippen LogP contribution < -0.4 is 10.0 Å². The van der Waals surface area contributed by atoms with Gasteiger partial charge in [0.05, 0.1) is 6.54 Å². The molecule has 0 bridgehead atoms. The highest BCUT2D eigenvalue weighted by Crippen LogP contribution is 1.97. The predicted octanol–water partition coefficient (Wildman–Crippen LogP) is 0.916. The zero-order valence-electron chi connectivity index (χ0n) is 9.62. The summed E-state index contributed by atoms with van der Waals surface area (Å²) in [6, 6.07) is 0.382. The first-order valence-electron chi connectivity index (χ1n) is 5.19. The summed E-state index contributed by atoms with van der Waals surface area (Å²) in [5, 5.41) is 2.88. The molecule has 0 saturated carbocycles. The van der Waals surface area contributed by atoms with E-state index in [1.807, 2.05) is 0 Å². The van der Waals surface area contributed by atoms with Crippen molar-refractivity contribution in [2.45, 2.75) is 26.8 Å². The van der Waals surface area contributed by atoms with E-state index < -0.39 is 0 Å². The number of carbonyl (C=O) groups is 1. The quantitative estimate of drug-likeness (QED) is 0.341. The molecule has 2 N–H and O–H groups in total. The van der Waals surface area contributed by atoms with Gasteiger partial charge < -0.3 is 5.32 Å². The van der Waals surface area contributed by atoms with Crippen LogP contribution in [0.5, 0.6) is 0 Å². The van der Waals surface area contributed by atoms with Gasteiger partial charge in [-0.1, -0.05) is 25.5 Å². The number of rotatable bonds is 8. The fourth-order valence-electron chi connectivity index (χ4n) is 1.40. The Labute approximate surface area is 101 Å². The topological polar surface area (TPSA) is 44.4 Å². The average molecular weight is 251 g/mol. The van der Waals surface area contributed by atoms with Crippen LogP contribution in [0.3, 0.4) is 0 Å². The molecule has 1 unspecified atom stereocenters. The summed E-state index contributed by atoms with van der Waals surface area (Å²) >= 11 is 3.88. The summed E-state index contributed by atoms with van der Waals surface area (Å²) in [4.78, 5) is 13.6. The molecule has 0 aliphatic carbocycles. The number of amides is 1. The minimum Gasteiger partial charge on any atom is -0.353 e. The standard InChI is InChI=1S/C9H21N3OS2/c1-4-12(5-2)8(3)6-10-9(13)7-11-15-14/h8,11,14H,4-7H2,1-3H3,(H,10,13). The Kier molecular flexibility index (Phi) is 9.38. The summed E-state index contributed by atoms with van der Waals surface area (Å²) in [6.45, 7) is 9.39. The summed E-state index contributed by atoms with van der Waals surface area (Å²) < 4.78 is 2.78. The third-order valence-electron chi connectivity index (χ3n) is 2.33. The van der Waals surface area contributed by atoms with E-state index in [4.69, 9.17) is 0 Å². The number of nitrogens with zero attached hydrogens (tertiary/aromatic N) is 1. The van der Waals surface area contributed by atoms with Crippen LogP contribution in [-0.4, -0.2) is 43.0 Å². The number of hydrogen-bond donors (Lipinski definition) is 3. The summed E-state index contributed by atoms with van der Waals surface area (Å²) in [7, 11) is 1.15. The lowest BCUT2D eigenvalue weighted by atomic mass is 10.3. The number of likely N-dealkylation sites (N-methyl/N-ethyl adjacent to an activating group) is 1. The summed E-state index contributed by atoms with van der Waals surface area (Å²) in [5.41, 5.74) is 0. The van der Waals surface area contributed by atoms with E-state index in [1.54, 1.807) is 0 Å². The van der Waals surface area contributed by atoms with Crippen molar-refractivity contribution < 1.29 is 4.79 Å². The van der Waals surface area contributed by atoms with Crippen molar-refractivity contribution in [3.8, 4) is 0 Å². The Hall–Kier alpha value is 0.0900. The molecule has 0 aromatic rings. The van der Waals surface area contributed by atoms with Gasteiger partial charge in [0.1, 0.15) is 0 Å². The van der Waals surface area contributed by atoms with E-state index in [9.17, 15) is 4.79 Å². The first-order chi connectivity index (χ1) is 7.15. The normalized spacial score (nSPS) is 12.9. The van der Waals surface area contributed by atoms with Crippen molar-refractivity contribution in [2.24, 2.45) is 0 Å². The van der Waals surface area contributed by atoms with Crippen LogP contribution in [-0.2, 0) is 4.79 Å². The van der Waals surface area contributed by atoms with E-state index in [-0.39, 0.29) is 5.91 Å². The largest absolute Gasteiger partial charge is 0.353 e. The molecule has 6 heteroatoms. The van der Waals surface area contributed by atoms with Gasteiger partial charge in [0.2, 0.25) is 5.91 Å². The SMILES string of the molecule is CCN(CC)C(C)CNC(=O)CNSS. The molecule has 0 saturated heterocycles. The number of carbonyl (C=O) groups excluding carboxylic acids is 1. The molecule has 0 aliphatic heterocycles. The highest BCUT2D eigenvalue weighted by molar-refractivity contribution is 8.67. The Morgan fingerprint density at radius 1 is 1.47 bits per heavy atom. The number of nitrogens with one attached hydrogen (secondary N) is 2. The van der Waals surface area contributed by atoms with E-state index in [0.717, 1.165) is 24.1 Å². The highest BCUT2D eigenvalue weighted by Gasteiger charge is 2.10. The third-order valence-corrected chi connectivity index (χ3v) is 2.99. The molecule has 0 radical (unpaired) electrons. The molecule has 0 aliphatic rings. The lowest BCUT2D eigenvalue weighted by Gasteiger charge is -2.26. The van der Waals surface area contributed by atoms with Crippen LogP contribution in [0, 0.1) is 0 Å². The van der Waals surface area contributed by atoms with Crippen molar-refractivity contribution in [3.63, 3.8) is 0 Å². The molecular weight excluding hydrogens is 230 g/mol. The molecule has 0 rings (SSSR count). The molecule has 15 heavy (non-hydrogen) atoms. The Bertz CT molecular complexity index is 177. The van der Waals surface area contributed by atoms with Gasteiger partial charge in [-0.15, -0.1) is 0 Å². The molecule has 0 aromatic carbocycles. The van der Waals surface area contributed by atoms with Crippen LogP contribution in [0.15, 0.2) is 0 Å². The van der Waals surface area contributed by atoms with E-state index in [0.29, 0.717) is 19.1 Å². The minimum atomic E-state index is 0.00977. The first kappa shape index (κ1) is 15.1. The van der Waals surface area contributed by atoms with Gasteiger partial charge in [0, 0.05) is 12.6 Å². The lowest BCUT2D eigenvalue weighted by molar-refractivity contribution is -0.120. The summed E-state index contributed by atoms with van der Waals surface area (Å²) in [5.74, 6) is 0.00977. The van der Waals surface area contributed by atoms with Crippen LogP contribution in [0.2, 0.25) is 0 Å². The maximum atomic E-state index is 11.3. The van der Waals surface area contributed by atoms with Gasteiger partial charge in [0.15, 0.2) is 0 Å². The van der Waals surface area contributed by atoms with Crippen molar-refractivity contribution in [1.29, 1.82) is 0 Å². The van der Waals surface area contributed by atoms with Crippen LogP contribution in [0.25, 0.3) is 0 Å². The second-order valence-corrected chi connectivity index (χ2v) is 4.31. The molecule has 0 spiro atoms. The van der Waals surface area contributed by atoms with Gasteiger partial charge in [-0.3, -0.25) is 9.69 Å². The predicted molar refractivity (Wildman–Crippen MR) is 70.0 cm³/mol. The highest BCUT2D eigenvalue weighted by atomic mass is 33.1. The second kappa shape index (κ2) is 9.33. The van der Waals surface area contributed by atoms with Crippen molar-refractivity contribution in [2.75, 3.05) is 26.2 Å². The fourth-order valence-corrected chi connectivity index (χ4v) is 1.79. The number of thiol groups is 1. The number of hydrogen-bond acceptors (Lipinski definition) is 5. The van der Waals surface area contributed by atoms with Gasteiger partial charge in [-0.2, -0.15) is 0 Å². The van der Waals surface area contributed by atoms with Crippen LogP contribution in [0.1, 0.15) is 20.8 Å². The zero-order valence-corrected chi connectivity index (χ0v) is 11.3. The molecule has 0 fully saturated rings. The van der Waals surface area contributed by atoms with Gasteiger partial charge in [0.25, 0.3) is 0 Å². The van der Waals surface area contributed by atoms with Gasteiger partial charge in [-0.25, -0.2) is 4.72 Å². The molecule has 90 valence electrons. The van der Waals surface area contributed by atoms with Crippen LogP contribution >= 0.6 is 22.6 Å². The lowest BCUT2D eigenvalue weighted by Crippen LogP contribution is -2.43. The first-order valence-corrected chi connectivity index (χ1v) is 7.06. The van der Waals surface area contributed by atoms with Gasteiger partial charge in [-0.05, 0) is 31.0 Å². The Morgan fingerprint density at radius 2 is 2.07 bits per heavy atom. The second-order valence-electron chi connectivity index (χ2n) is 3.29. The summed E-state index contributed by atoms with van der Waals surface area (Å²) in [6.07, 6.45) is 0. The third kappa shape index (κ3) is 7.05. The monoisotopic (exact) mass is 251 g/mol. The van der Waals surface area contributed by atoms with E-state index in [1.165, 1.54) is 0 Å². The smallest absolute Gasteiger partial charge is 0.234 e. The van der Waals surface area contributed by atoms with Gasteiger partial charge >= 0.3 is 0 Å². The maximum Gasteiger partial charge on any atom is 0.234 e.